The van der Waals surface area contributed by atoms with Crippen LogP contribution in [-0.4, -0.2) is 4.99 Å². The van der Waals surface area contributed by atoms with Gasteiger partial charge in [-0.25, -0.2) is 4.39 Å². The van der Waals surface area contributed by atoms with Crippen molar-refractivity contribution >= 4 is 28.6 Å². The van der Waals surface area contributed by atoms with Gasteiger partial charge in [0.1, 0.15) is 10.8 Å². The van der Waals surface area contributed by atoms with Crippen molar-refractivity contribution in [3.8, 4) is 0 Å². The van der Waals surface area contributed by atoms with Crippen molar-refractivity contribution in [3.05, 3.63) is 58.9 Å². The van der Waals surface area contributed by atoms with E-state index in [0.717, 1.165) is 17.7 Å². The largest absolute Gasteiger partial charge is 0.389 e. The summed E-state index contributed by atoms with van der Waals surface area (Å²) in [6, 6.07) is 10.9. The third kappa shape index (κ3) is 2.96. The van der Waals surface area contributed by atoms with E-state index in [-0.39, 0.29) is 10.6 Å². The minimum atomic E-state index is -0.408. The van der Waals surface area contributed by atoms with Gasteiger partial charge >= 0.3 is 0 Å². The van der Waals surface area contributed by atoms with Gasteiger partial charge in [0.05, 0.1) is 0 Å². The molecule has 0 amide bonds. The SMILES string of the molecule is CCc1cccc(C)c1Nc1ccc(C(N)=S)c(F)c1. The molecule has 0 radical (unpaired) electrons. The van der Waals surface area contributed by atoms with E-state index in [1.807, 2.05) is 19.1 Å². The van der Waals surface area contributed by atoms with Gasteiger partial charge in [-0.1, -0.05) is 37.3 Å². The average molecular weight is 288 g/mol. The number of para-hydroxylation sites is 1. The van der Waals surface area contributed by atoms with E-state index in [2.05, 4.69) is 18.3 Å². The lowest BCUT2D eigenvalue weighted by Crippen LogP contribution is -2.11. The molecule has 0 saturated heterocycles. The molecule has 0 spiro atoms. The van der Waals surface area contributed by atoms with E-state index < -0.39 is 5.82 Å². The molecule has 0 atom stereocenters. The Hall–Kier alpha value is -1.94. The highest BCUT2D eigenvalue weighted by Crippen LogP contribution is 2.26. The van der Waals surface area contributed by atoms with Crippen LogP contribution in [0, 0.1) is 12.7 Å². The average Bonchev–Trinajstić information content (AvgIpc) is 2.40. The van der Waals surface area contributed by atoms with E-state index in [1.165, 1.54) is 11.6 Å². The molecule has 0 unspecified atom stereocenters. The number of benzene rings is 2. The number of hydrogen-bond donors (Lipinski definition) is 2. The van der Waals surface area contributed by atoms with Crippen molar-refractivity contribution in [1.29, 1.82) is 0 Å². The van der Waals surface area contributed by atoms with Crippen LogP contribution in [0.15, 0.2) is 36.4 Å². The molecule has 0 bridgehead atoms. The second-order valence-electron chi connectivity index (χ2n) is 4.65. The molecule has 0 aliphatic carbocycles. The number of thiocarbonyl (C=S) groups is 1. The second kappa shape index (κ2) is 6.01. The standard InChI is InChI=1S/C16H17FN2S/c1-3-11-6-4-5-10(2)15(11)19-12-7-8-13(16(18)20)14(17)9-12/h4-9,19H,3H2,1-2H3,(H2,18,20). The first-order valence-electron chi connectivity index (χ1n) is 6.47. The third-order valence-electron chi connectivity index (χ3n) is 3.24. The van der Waals surface area contributed by atoms with Crippen LogP contribution in [0.5, 0.6) is 0 Å². The van der Waals surface area contributed by atoms with Gasteiger partial charge in [-0.15, -0.1) is 0 Å². The van der Waals surface area contributed by atoms with Crippen LogP contribution < -0.4 is 11.1 Å². The van der Waals surface area contributed by atoms with Crippen LogP contribution in [0.4, 0.5) is 15.8 Å². The minimum absolute atomic E-state index is 0.0687. The molecule has 20 heavy (non-hydrogen) atoms. The van der Waals surface area contributed by atoms with Gasteiger partial charge < -0.3 is 11.1 Å². The first-order chi connectivity index (χ1) is 9.52. The highest BCUT2D eigenvalue weighted by Gasteiger charge is 2.08. The minimum Gasteiger partial charge on any atom is -0.389 e. The summed E-state index contributed by atoms with van der Waals surface area (Å²) in [6.45, 7) is 4.12. The number of halogens is 1. The van der Waals surface area contributed by atoms with E-state index in [9.17, 15) is 4.39 Å². The van der Waals surface area contributed by atoms with Crippen molar-refractivity contribution in [2.75, 3.05) is 5.32 Å². The predicted molar refractivity (Wildman–Crippen MR) is 86.1 cm³/mol. The van der Waals surface area contributed by atoms with Gasteiger partial charge in [-0.3, -0.25) is 0 Å². The van der Waals surface area contributed by atoms with Gasteiger partial charge in [-0.05, 0) is 42.7 Å². The molecule has 0 aromatic heterocycles. The normalized spacial score (nSPS) is 10.3. The molecule has 3 N–H and O–H groups in total. The van der Waals surface area contributed by atoms with Gasteiger partial charge in [0.15, 0.2) is 0 Å². The van der Waals surface area contributed by atoms with Gasteiger partial charge in [0.2, 0.25) is 0 Å². The molecule has 0 heterocycles. The summed E-state index contributed by atoms with van der Waals surface area (Å²) in [5, 5.41) is 3.27. The zero-order chi connectivity index (χ0) is 14.7. The Balaban J connectivity index is 2.36. The quantitative estimate of drug-likeness (QED) is 0.833. The van der Waals surface area contributed by atoms with Crippen molar-refractivity contribution in [1.82, 2.24) is 0 Å². The lowest BCUT2D eigenvalue weighted by molar-refractivity contribution is 0.626. The van der Waals surface area contributed by atoms with Crippen molar-refractivity contribution in [2.24, 2.45) is 5.73 Å². The molecular formula is C16H17FN2S. The van der Waals surface area contributed by atoms with E-state index in [0.29, 0.717) is 5.69 Å². The number of aryl methyl sites for hydroxylation is 2. The van der Waals surface area contributed by atoms with Crippen LogP contribution in [0.1, 0.15) is 23.6 Å². The summed E-state index contributed by atoms with van der Waals surface area (Å²) in [5.41, 5.74) is 9.77. The maximum Gasteiger partial charge on any atom is 0.135 e. The number of nitrogens with two attached hydrogens (primary N) is 1. The molecule has 0 aliphatic heterocycles. The molecule has 104 valence electrons. The Labute approximate surface area is 123 Å². The Bertz CT molecular complexity index is 653. The first kappa shape index (κ1) is 14.5. The number of rotatable bonds is 4. The Morgan fingerprint density at radius 1 is 1.30 bits per heavy atom. The summed E-state index contributed by atoms with van der Waals surface area (Å²) in [5.74, 6) is -0.408. The zero-order valence-electron chi connectivity index (χ0n) is 11.5. The van der Waals surface area contributed by atoms with Crippen LogP contribution in [0.2, 0.25) is 0 Å². The highest BCUT2D eigenvalue weighted by molar-refractivity contribution is 7.80. The predicted octanol–water partition coefficient (Wildman–Crippen LogP) is 4.07. The molecular weight excluding hydrogens is 271 g/mol. The fourth-order valence-corrected chi connectivity index (χ4v) is 2.30. The topological polar surface area (TPSA) is 38.0 Å². The lowest BCUT2D eigenvalue weighted by atomic mass is 10.1. The molecule has 0 aliphatic rings. The van der Waals surface area contributed by atoms with E-state index in [1.54, 1.807) is 12.1 Å². The van der Waals surface area contributed by atoms with Crippen molar-refractivity contribution in [2.45, 2.75) is 20.3 Å². The Morgan fingerprint density at radius 3 is 2.65 bits per heavy atom. The van der Waals surface area contributed by atoms with Crippen LogP contribution in [0.3, 0.4) is 0 Å². The van der Waals surface area contributed by atoms with Crippen LogP contribution in [-0.2, 0) is 6.42 Å². The number of hydrogen-bond acceptors (Lipinski definition) is 2. The molecule has 0 fully saturated rings. The zero-order valence-corrected chi connectivity index (χ0v) is 12.4. The Morgan fingerprint density at radius 2 is 2.05 bits per heavy atom. The fourth-order valence-electron chi connectivity index (χ4n) is 2.14. The van der Waals surface area contributed by atoms with E-state index in [4.69, 9.17) is 18.0 Å². The summed E-state index contributed by atoms with van der Waals surface area (Å²) in [7, 11) is 0. The maximum absolute atomic E-state index is 13.9. The van der Waals surface area contributed by atoms with Crippen molar-refractivity contribution in [3.63, 3.8) is 0 Å². The van der Waals surface area contributed by atoms with Crippen LogP contribution in [0.25, 0.3) is 0 Å². The van der Waals surface area contributed by atoms with Crippen LogP contribution >= 0.6 is 12.2 Å². The van der Waals surface area contributed by atoms with Gasteiger partial charge in [-0.2, -0.15) is 0 Å². The highest BCUT2D eigenvalue weighted by atomic mass is 32.1. The molecule has 2 rings (SSSR count). The fraction of sp³-hybridized carbons (Fsp3) is 0.188. The maximum atomic E-state index is 13.9. The summed E-state index contributed by atoms with van der Waals surface area (Å²) in [4.78, 5) is 0.0687. The molecule has 2 aromatic carbocycles. The number of anilines is 2. The van der Waals surface area contributed by atoms with Gasteiger partial charge in [0.25, 0.3) is 0 Å². The molecule has 4 heteroatoms. The summed E-state index contributed by atoms with van der Waals surface area (Å²) < 4.78 is 13.9. The monoisotopic (exact) mass is 288 g/mol. The molecule has 2 aromatic rings. The molecule has 0 saturated carbocycles. The van der Waals surface area contributed by atoms with Gasteiger partial charge in [0, 0.05) is 16.9 Å². The first-order valence-corrected chi connectivity index (χ1v) is 6.88. The van der Waals surface area contributed by atoms with E-state index >= 15 is 0 Å². The third-order valence-corrected chi connectivity index (χ3v) is 3.46. The summed E-state index contributed by atoms with van der Waals surface area (Å²) >= 11 is 4.80. The lowest BCUT2D eigenvalue weighted by Gasteiger charge is -2.14. The number of nitrogens with one attached hydrogen (secondary N) is 1. The second-order valence-corrected chi connectivity index (χ2v) is 5.09. The molecule has 2 nitrogen and oxygen atoms in total. The van der Waals surface area contributed by atoms with Crippen molar-refractivity contribution < 1.29 is 4.39 Å². The smallest absolute Gasteiger partial charge is 0.135 e. The Kier molecular flexibility index (Phi) is 4.35. The summed E-state index contributed by atoms with van der Waals surface area (Å²) in [6.07, 6.45) is 0.914.